The van der Waals surface area contributed by atoms with Crippen molar-refractivity contribution in [3.8, 4) is 11.1 Å². The van der Waals surface area contributed by atoms with Crippen molar-refractivity contribution in [1.29, 1.82) is 0 Å². The Morgan fingerprint density at radius 2 is 1.88 bits per heavy atom. The summed E-state index contributed by atoms with van der Waals surface area (Å²) in [4.78, 5) is 31.4. The van der Waals surface area contributed by atoms with Crippen LogP contribution in [-0.4, -0.2) is 31.3 Å². The normalized spacial score (nSPS) is 15.2. The zero-order valence-electron chi connectivity index (χ0n) is 17.4. The summed E-state index contributed by atoms with van der Waals surface area (Å²) in [5, 5.41) is 7.22. The maximum atomic E-state index is 12.9. The predicted octanol–water partition coefficient (Wildman–Crippen LogP) is 3.90. The molecule has 0 saturated heterocycles. The van der Waals surface area contributed by atoms with Gasteiger partial charge in [-0.2, -0.15) is 4.98 Å². The number of nitrogens with one attached hydrogen (secondary N) is 1. The molecule has 1 fully saturated rings. The number of hydrogen-bond donors (Lipinski definition) is 1. The molecule has 2 aromatic carbocycles. The van der Waals surface area contributed by atoms with Crippen molar-refractivity contribution in [1.82, 2.24) is 19.5 Å². The quantitative estimate of drug-likeness (QED) is 0.528. The summed E-state index contributed by atoms with van der Waals surface area (Å²) in [7, 11) is 0. The van der Waals surface area contributed by atoms with Gasteiger partial charge in [0.05, 0.1) is 0 Å². The molecule has 32 heavy (non-hydrogen) atoms. The first-order valence-electron chi connectivity index (χ1n) is 10.8. The molecule has 0 spiro atoms. The third-order valence-electron chi connectivity index (χ3n) is 6.06. The summed E-state index contributed by atoms with van der Waals surface area (Å²) in [5.74, 6) is 0.451. The molecular formula is C25H21N5O2. The lowest BCUT2D eigenvalue weighted by Gasteiger charge is -2.15. The Labute approximate surface area is 184 Å². The first kappa shape index (κ1) is 18.7. The van der Waals surface area contributed by atoms with Crippen LogP contribution in [-0.2, 0) is 17.9 Å². The molecular weight excluding hydrogens is 402 g/mol. The second-order valence-corrected chi connectivity index (χ2v) is 8.41. The van der Waals surface area contributed by atoms with Crippen LogP contribution in [0.1, 0.15) is 34.3 Å². The summed E-state index contributed by atoms with van der Waals surface area (Å²) < 4.78 is 1.68. The van der Waals surface area contributed by atoms with Crippen molar-refractivity contribution in [3.63, 3.8) is 0 Å². The van der Waals surface area contributed by atoms with E-state index in [1.54, 1.807) is 4.52 Å². The first-order chi connectivity index (χ1) is 15.7. The van der Waals surface area contributed by atoms with Crippen LogP contribution < -0.4 is 5.32 Å². The number of carbonyl (C=O) groups excluding carboxylic acids is 2. The number of amides is 2. The molecule has 1 aliphatic heterocycles. The van der Waals surface area contributed by atoms with Gasteiger partial charge in [0, 0.05) is 36.3 Å². The van der Waals surface area contributed by atoms with E-state index in [9.17, 15) is 9.59 Å². The zero-order chi connectivity index (χ0) is 21.7. The van der Waals surface area contributed by atoms with E-state index in [1.807, 2.05) is 65.7 Å². The second-order valence-electron chi connectivity index (χ2n) is 8.41. The molecule has 0 atom stereocenters. The molecule has 3 heterocycles. The van der Waals surface area contributed by atoms with E-state index in [0.29, 0.717) is 24.7 Å². The molecule has 1 N–H and O–H groups in total. The molecule has 2 aliphatic rings. The van der Waals surface area contributed by atoms with Gasteiger partial charge in [-0.1, -0.05) is 36.4 Å². The third kappa shape index (κ3) is 3.32. The van der Waals surface area contributed by atoms with Gasteiger partial charge in [-0.25, -0.2) is 4.52 Å². The van der Waals surface area contributed by atoms with Crippen LogP contribution in [0.2, 0.25) is 0 Å². The summed E-state index contributed by atoms with van der Waals surface area (Å²) in [5.41, 5.74) is 5.41. The molecule has 7 heteroatoms. The number of benzene rings is 2. The third-order valence-corrected chi connectivity index (χ3v) is 6.06. The van der Waals surface area contributed by atoms with Crippen LogP contribution in [0.3, 0.4) is 0 Å². The highest BCUT2D eigenvalue weighted by Crippen LogP contribution is 2.32. The summed E-state index contributed by atoms with van der Waals surface area (Å²) >= 11 is 0. The Morgan fingerprint density at radius 3 is 2.69 bits per heavy atom. The maximum absolute atomic E-state index is 12.9. The molecule has 158 valence electrons. The smallest absolute Gasteiger partial charge is 0.254 e. The number of rotatable bonds is 5. The predicted molar refractivity (Wildman–Crippen MR) is 120 cm³/mol. The first-order valence-corrected chi connectivity index (χ1v) is 10.8. The average molecular weight is 423 g/mol. The van der Waals surface area contributed by atoms with Crippen molar-refractivity contribution < 1.29 is 9.59 Å². The molecule has 1 saturated carbocycles. The average Bonchev–Trinajstić information content (AvgIpc) is 3.52. The highest BCUT2D eigenvalue weighted by atomic mass is 16.2. The monoisotopic (exact) mass is 423 g/mol. The van der Waals surface area contributed by atoms with Crippen molar-refractivity contribution in [2.24, 2.45) is 5.92 Å². The molecule has 0 unspecified atom stereocenters. The van der Waals surface area contributed by atoms with Gasteiger partial charge in [0.2, 0.25) is 11.9 Å². The lowest BCUT2D eigenvalue weighted by molar-refractivity contribution is -0.117. The van der Waals surface area contributed by atoms with Crippen LogP contribution in [0.4, 0.5) is 5.95 Å². The van der Waals surface area contributed by atoms with Crippen LogP contribution in [0, 0.1) is 5.92 Å². The summed E-state index contributed by atoms with van der Waals surface area (Å²) in [6.07, 6.45) is 3.68. The fourth-order valence-corrected chi connectivity index (χ4v) is 4.22. The van der Waals surface area contributed by atoms with Gasteiger partial charge in [0.25, 0.3) is 5.91 Å². The zero-order valence-corrected chi connectivity index (χ0v) is 17.4. The van der Waals surface area contributed by atoms with Crippen molar-refractivity contribution in [2.45, 2.75) is 25.9 Å². The number of fused-ring (bicyclic) bond motifs is 2. The largest absolute Gasteiger partial charge is 0.330 e. The number of hydrogen-bond acceptors (Lipinski definition) is 4. The van der Waals surface area contributed by atoms with Gasteiger partial charge in [-0.05, 0) is 53.8 Å². The van der Waals surface area contributed by atoms with Gasteiger partial charge in [0.1, 0.15) is 0 Å². The van der Waals surface area contributed by atoms with E-state index in [4.69, 9.17) is 0 Å². The van der Waals surface area contributed by atoms with Gasteiger partial charge in [-0.3, -0.25) is 14.9 Å². The molecule has 4 aromatic rings. The minimum absolute atomic E-state index is 0.0167. The maximum Gasteiger partial charge on any atom is 0.254 e. The molecule has 0 radical (unpaired) electrons. The minimum atomic E-state index is -0.0167. The topological polar surface area (TPSA) is 79.6 Å². The molecule has 7 nitrogen and oxygen atoms in total. The van der Waals surface area contributed by atoms with Crippen molar-refractivity contribution >= 4 is 23.4 Å². The van der Waals surface area contributed by atoms with E-state index >= 15 is 0 Å². The number of anilines is 1. The van der Waals surface area contributed by atoms with Gasteiger partial charge >= 0.3 is 0 Å². The Balaban J connectivity index is 1.30. The van der Waals surface area contributed by atoms with Crippen molar-refractivity contribution in [3.05, 3.63) is 83.6 Å². The van der Waals surface area contributed by atoms with Crippen LogP contribution in [0.15, 0.2) is 66.9 Å². The fourth-order valence-electron chi connectivity index (χ4n) is 4.22. The van der Waals surface area contributed by atoms with Crippen molar-refractivity contribution in [2.75, 3.05) is 5.32 Å². The molecule has 0 bridgehead atoms. The number of aromatic nitrogens is 3. The van der Waals surface area contributed by atoms with E-state index < -0.39 is 0 Å². The van der Waals surface area contributed by atoms with E-state index in [2.05, 4.69) is 21.5 Å². The van der Waals surface area contributed by atoms with Gasteiger partial charge < -0.3 is 4.90 Å². The highest BCUT2D eigenvalue weighted by Gasteiger charge is 2.31. The molecule has 2 aromatic heterocycles. The molecule has 6 rings (SSSR count). The number of carbonyl (C=O) groups is 2. The lowest BCUT2D eigenvalue weighted by atomic mass is 10.0. The highest BCUT2D eigenvalue weighted by molar-refractivity contribution is 5.99. The summed E-state index contributed by atoms with van der Waals surface area (Å²) in [6, 6.07) is 19.8. The SMILES string of the molecule is O=C(Nc1nc2c(-c3ccc4c(c3)CN(Cc3ccccc3)C4=O)cccn2n1)C1CC1. The van der Waals surface area contributed by atoms with Gasteiger partial charge in [-0.15, -0.1) is 5.10 Å². The summed E-state index contributed by atoms with van der Waals surface area (Å²) in [6.45, 7) is 1.17. The second kappa shape index (κ2) is 7.30. The van der Waals surface area contributed by atoms with Gasteiger partial charge in [0.15, 0.2) is 5.65 Å². The number of nitrogens with zero attached hydrogens (tertiary/aromatic N) is 4. The standard InChI is InChI=1S/C25H21N5O2/c31-23(17-8-9-17)27-25-26-22-20(7-4-12-30(22)28-25)18-10-11-21-19(13-18)15-29(24(21)32)14-16-5-2-1-3-6-16/h1-7,10-13,17H,8-9,14-15H2,(H,27,28,31). The molecule has 2 amide bonds. The minimum Gasteiger partial charge on any atom is -0.330 e. The van der Waals surface area contributed by atoms with Crippen LogP contribution in [0.5, 0.6) is 0 Å². The number of pyridine rings is 1. The van der Waals surface area contributed by atoms with Crippen LogP contribution >= 0.6 is 0 Å². The Hall–Kier alpha value is -4.00. The fraction of sp³-hybridized carbons (Fsp3) is 0.200. The Kier molecular flexibility index (Phi) is 4.28. The van der Waals surface area contributed by atoms with Crippen LogP contribution in [0.25, 0.3) is 16.8 Å². The molecule has 1 aliphatic carbocycles. The van der Waals surface area contributed by atoms with E-state index in [1.165, 1.54) is 0 Å². The lowest BCUT2D eigenvalue weighted by Crippen LogP contribution is -2.23. The Morgan fingerprint density at radius 1 is 1.03 bits per heavy atom. The Bertz CT molecular complexity index is 1360. The van der Waals surface area contributed by atoms with E-state index in [-0.39, 0.29) is 17.7 Å². The van der Waals surface area contributed by atoms with E-state index in [0.717, 1.165) is 40.7 Å².